The Bertz CT molecular complexity index is 1630. The van der Waals surface area contributed by atoms with Crippen molar-refractivity contribution in [2.45, 2.75) is 13.3 Å². The van der Waals surface area contributed by atoms with Crippen LogP contribution in [0.3, 0.4) is 0 Å². The van der Waals surface area contributed by atoms with Crippen molar-refractivity contribution in [1.82, 2.24) is 14.3 Å². The fraction of sp³-hybridized carbons (Fsp3) is 0.143. The van der Waals surface area contributed by atoms with Crippen molar-refractivity contribution >= 4 is 28.4 Å². The lowest BCUT2D eigenvalue weighted by atomic mass is 10.1. The Kier molecular flexibility index (Phi) is 6.16. The maximum Gasteiger partial charge on any atom is 0.271 e. The van der Waals surface area contributed by atoms with Gasteiger partial charge in [0.1, 0.15) is 11.5 Å². The minimum atomic E-state index is -0.175. The summed E-state index contributed by atoms with van der Waals surface area (Å²) in [7, 11) is 3.20. The standard InChI is InChI=1S/C28H24ClN3O4/c1-17-24(14-20-15-27(33)32(30-20)21-8-10-22(35-2)11-9-21)25-16-23(36-3)12-13-26(25)31(17)28(34)18-4-6-19(29)7-5-18/h4-13,15-16,30H,14H2,1-3H3. The molecule has 2 heterocycles. The van der Waals surface area contributed by atoms with Gasteiger partial charge in [-0.3, -0.25) is 19.3 Å². The lowest BCUT2D eigenvalue weighted by Gasteiger charge is -2.08. The van der Waals surface area contributed by atoms with Crippen LogP contribution in [0.2, 0.25) is 5.02 Å². The molecule has 1 N–H and O–H groups in total. The highest BCUT2D eigenvalue weighted by Crippen LogP contribution is 2.31. The van der Waals surface area contributed by atoms with Gasteiger partial charge >= 0.3 is 0 Å². The third-order valence-electron chi connectivity index (χ3n) is 6.31. The minimum Gasteiger partial charge on any atom is -0.497 e. The third-order valence-corrected chi connectivity index (χ3v) is 6.56. The Morgan fingerprint density at radius 3 is 2.25 bits per heavy atom. The van der Waals surface area contributed by atoms with Crippen LogP contribution in [0.25, 0.3) is 16.6 Å². The van der Waals surface area contributed by atoms with Crippen LogP contribution >= 0.6 is 11.6 Å². The number of benzene rings is 3. The second-order valence-corrected chi connectivity index (χ2v) is 8.86. The van der Waals surface area contributed by atoms with Crippen molar-refractivity contribution in [3.8, 4) is 17.2 Å². The Balaban J connectivity index is 1.59. The van der Waals surface area contributed by atoms with Gasteiger partial charge in [0, 0.05) is 39.8 Å². The molecule has 0 saturated heterocycles. The van der Waals surface area contributed by atoms with Gasteiger partial charge in [0.25, 0.3) is 11.5 Å². The first-order chi connectivity index (χ1) is 17.4. The minimum absolute atomic E-state index is 0.158. The van der Waals surface area contributed by atoms with Crippen molar-refractivity contribution in [3.63, 3.8) is 0 Å². The van der Waals surface area contributed by atoms with Gasteiger partial charge in [-0.25, -0.2) is 4.68 Å². The second-order valence-electron chi connectivity index (χ2n) is 8.42. The fourth-order valence-corrected chi connectivity index (χ4v) is 4.57. The van der Waals surface area contributed by atoms with Gasteiger partial charge in [-0.15, -0.1) is 0 Å². The largest absolute Gasteiger partial charge is 0.497 e. The van der Waals surface area contributed by atoms with Crippen LogP contribution in [0.5, 0.6) is 11.5 Å². The lowest BCUT2D eigenvalue weighted by Crippen LogP contribution is -2.13. The van der Waals surface area contributed by atoms with E-state index in [1.54, 1.807) is 61.3 Å². The molecule has 0 fully saturated rings. The molecule has 0 atom stereocenters. The molecule has 0 spiro atoms. The van der Waals surface area contributed by atoms with E-state index in [4.69, 9.17) is 21.1 Å². The Hall–Kier alpha value is -4.23. The molecular formula is C28H24ClN3O4. The summed E-state index contributed by atoms with van der Waals surface area (Å²) < 4.78 is 13.9. The summed E-state index contributed by atoms with van der Waals surface area (Å²) in [5, 5.41) is 4.65. The lowest BCUT2D eigenvalue weighted by molar-refractivity contribution is 0.0963. The van der Waals surface area contributed by atoms with E-state index in [0.717, 1.165) is 27.9 Å². The number of H-pyrrole nitrogens is 1. The summed E-state index contributed by atoms with van der Waals surface area (Å²) >= 11 is 6.02. The summed E-state index contributed by atoms with van der Waals surface area (Å²) in [5.74, 6) is 1.24. The Morgan fingerprint density at radius 1 is 0.917 bits per heavy atom. The molecule has 7 nitrogen and oxygen atoms in total. The van der Waals surface area contributed by atoms with E-state index in [1.807, 2.05) is 37.3 Å². The second kappa shape index (κ2) is 9.43. The number of carbonyl (C=O) groups excluding carboxylic acids is 1. The average Bonchev–Trinajstić information content (AvgIpc) is 3.40. The summed E-state index contributed by atoms with van der Waals surface area (Å²) in [4.78, 5) is 26.3. The molecule has 0 aliphatic carbocycles. The molecule has 0 saturated carbocycles. The molecular weight excluding hydrogens is 478 g/mol. The normalized spacial score (nSPS) is 11.1. The third kappa shape index (κ3) is 4.18. The van der Waals surface area contributed by atoms with Crippen LogP contribution in [0.4, 0.5) is 0 Å². The highest BCUT2D eigenvalue weighted by Gasteiger charge is 2.21. The maximum absolute atomic E-state index is 13.5. The smallest absolute Gasteiger partial charge is 0.271 e. The van der Waals surface area contributed by atoms with Crippen LogP contribution in [-0.4, -0.2) is 34.5 Å². The van der Waals surface area contributed by atoms with Crippen LogP contribution in [-0.2, 0) is 6.42 Å². The van der Waals surface area contributed by atoms with Crippen LogP contribution in [0.1, 0.15) is 27.3 Å². The number of halogens is 1. The molecule has 8 heteroatoms. The van der Waals surface area contributed by atoms with E-state index in [-0.39, 0.29) is 11.5 Å². The average molecular weight is 502 g/mol. The Labute approximate surface area is 212 Å². The van der Waals surface area contributed by atoms with Gasteiger partial charge in [0.05, 0.1) is 25.4 Å². The number of aromatic nitrogens is 3. The zero-order valence-corrected chi connectivity index (χ0v) is 20.8. The molecule has 3 aromatic carbocycles. The number of rotatable bonds is 6. The first-order valence-corrected chi connectivity index (χ1v) is 11.7. The number of nitrogens with one attached hydrogen (secondary N) is 1. The topological polar surface area (TPSA) is 78.2 Å². The number of aromatic amines is 1. The van der Waals surface area contributed by atoms with Gasteiger partial charge in [-0.2, -0.15) is 0 Å². The van der Waals surface area contributed by atoms with E-state index in [9.17, 15) is 9.59 Å². The number of hydrogen-bond acceptors (Lipinski definition) is 4. The molecule has 5 aromatic rings. The molecule has 0 bridgehead atoms. The van der Waals surface area contributed by atoms with Crippen molar-refractivity contribution in [2.24, 2.45) is 0 Å². The quantitative estimate of drug-likeness (QED) is 0.339. The molecule has 0 aliphatic heterocycles. The molecule has 0 amide bonds. The number of methoxy groups -OCH3 is 2. The SMILES string of the molecule is COc1ccc(-n2[nH]c(Cc3c(C)n(C(=O)c4ccc(Cl)cc4)c4ccc(OC)cc34)cc2=O)cc1. The van der Waals surface area contributed by atoms with Gasteiger partial charge in [-0.05, 0) is 79.2 Å². The maximum atomic E-state index is 13.5. The van der Waals surface area contributed by atoms with E-state index in [2.05, 4.69) is 5.10 Å². The summed E-state index contributed by atoms with van der Waals surface area (Å²) in [6.45, 7) is 1.91. The van der Waals surface area contributed by atoms with E-state index in [0.29, 0.717) is 34.2 Å². The number of hydrogen-bond donors (Lipinski definition) is 1. The van der Waals surface area contributed by atoms with Crippen molar-refractivity contribution in [1.29, 1.82) is 0 Å². The predicted octanol–water partition coefficient (Wildman–Crippen LogP) is 5.38. The number of nitrogens with zero attached hydrogens (tertiary/aromatic N) is 2. The summed E-state index contributed by atoms with van der Waals surface area (Å²) in [6, 6.07) is 21.3. The van der Waals surface area contributed by atoms with Gasteiger partial charge in [0.15, 0.2) is 0 Å². The number of carbonyl (C=O) groups is 1. The molecule has 36 heavy (non-hydrogen) atoms. The molecule has 2 aromatic heterocycles. The van der Waals surface area contributed by atoms with Crippen molar-refractivity contribution in [3.05, 3.63) is 111 Å². The van der Waals surface area contributed by atoms with Crippen molar-refractivity contribution < 1.29 is 14.3 Å². The summed E-state index contributed by atoms with van der Waals surface area (Å²) in [6.07, 6.45) is 0.425. The molecule has 0 aliphatic rings. The van der Waals surface area contributed by atoms with Gasteiger partial charge < -0.3 is 9.47 Å². The first-order valence-electron chi connectivity index (χ1n) is 11.3. The van der Waals surface area contributed by atoms with Gasteiger partial charge in [-0.1, -0.05) is 11.6 Å². The highest BCUT2D eigenvalue weighted by atomic mass is 35.5. The van der Waals surface area contributed by atoms with Crippen LogP contribution in [0.15, 0.2) is 77.6 Å². The predicted molar refractivity (Wildman–Crippen MR) is 140 cm³/mol. The highest BCUT2D eigenvalue weighted by molar-refractivity contribution is 6.30. The van der Waals surface area contributed by atoms with Crippen molar-refractivity contribution in [2.75, 3.05) is 14.2 Å². The van der Waals surface area contributed by atoms with Crippen LogP contribution < -0.4 is 15.0 Å². The monoisotopic (exact) mass is 501 g/mol. The zero-order valence-electron chi connectivity index (χ0n) is 20.0. The van der Waals surface area contributed by atoms with E-state index >= 15 is 0 Å². The van der Waals surface area contributed by atoms with E-state index < -0.39 is 0 Å². The number of fused-ring (bicyclic) bond motifs is 1. The number of ether oxygens (including phenoxy) is 2. The van der Waals surface area contributed by atoms with Crippen LogP contribution in [0, 0.1) is 6.92 Å². The molecule has 0 unspecified atom stereocenters. The zero-order chi connectivity index (χ0) is 25.4. The molecule has 0 radical (unpaired) electrons. The first kappa shape index (κ1) is 23.5. The Morgan fingerprint density at radius 2 is 1.58 bits per heavy atom. The summed E-state index contributed by atoms with van der Waals surface area (Å²) in [5.41, 5.74) is 4.25. The van der Waals surface area contributed by atoms with E-state index in [1.165, 1.54) is 4.68 Å². The van der Waals surface area contributed by atoms with Gasteiger partial charge in [0.2, 0.25) is 0 Å². The fourth-order valence-electron chi connectivity index (χ4n) is 4.44. The molecule has 5 rings (SSSR count). The molecule has 182 valence electrons.